The van der Waals surface area contributed by atoms with Gasteiger partial charge in [-0.1, -0.05) is 12.5 Å². The molecule has 132 valence electrons. The molecular weight excluding hydrogens is 314 g/mol. The molecule has 6 nitrogen and oxygen atoms in total. The molecule has 25 heavy (non-hydrogen) atoms. The highest BCUT2D eigenvalue weighted by Crippen LogP contribution is 2.36. The van der Waals surface area contributed by atoms with Crippen molar-refractivity contribution in [3.8, 4) is 12.3 Å². The number of hydrogen-bond donors (Lipinski definition) is 1. The number of nitrogens with zero attached hydrogens (tertiary/aromatic N) is 4. The van der Waals surface area contributed by atoms with Gasteiger partial charge in [0.2, 0.25) is 5.91 Å². The molecule has 1 unspecified atom stereocenters. The lowest BCUT2D eigenvalue weighted by Gasteiger charge is -2.34. The number of likely N-dealkylation sites (tertiary alicyclic amines) is 1. The average molecular weight is 339 g/mol. The first kappa shape index (κ1) is 17.6. The number of pyridine rings is 1. The summed E-state index contributed by atoms with van der Waals surface area (Å²) in [5, 5.41) is 11.3. The average Bonchev–Trinajstić information content (AvgIpc) is 3.41. The van der Waals surface area contributed by atoms with Crippen molar-refractivity contribution in [2.24, 2.45) is 10.2 Å². The summed E-state index contributed by atoms with van der Waals surface area (Å²) in [5.41, 5.74) is 0.813. The summed E-state index contributed by atoms with van der Waals surface area (Å²) in [5.74, 6) is 2.73. The van der Waals surface area contributed by atoms with Crippen LogP contribution in [0.15, 0.2) is 34.8 Å². The fraction of sp³-hybridized carbons (Fsp3) is 0.579. The van der Waals surface area contributed by atoms with Gasteiger partial charge in [-0.3, -0.25) is 14.7 Å². The third-order valence-corrected chi connectivity index (χ3v) is 4.90. The third kappa shape index (κ3) is 4.86. The Bertz CT molecular complexity index is 646. The molecule has 1 aromatic rings. The lowest BCUT2D eigenvalue weighted by Crippen LogP contribution is -2.49. The molecule has 1 fully saturated rings. The summed E-state index contributed by atoms with van der Waals surface area (Å²) >= 11 is 0. The lowest BCUT2D eigenvalue weighted by molar-refractivity contribution is -0.127. The van der Waals surface area contributed by atoms with Crippen molar-refractivity contribution in [3.05, 3.63) is 30.1 Å². The Morgan fingerprint density at radius 2 is 2.28 bits per heavy atom. The molecule has 1 aromatic heterocycles. The maximum atomic E-state index is 12.7. The van der Waals surface area contributed by atoms with Crippen LogP contribution in [0, 0.1) is 12.3 Å². The molecule has 0 bridgehead atoms. The van der Waals surface area contributed by atoms with Crippen molar-refractivity contribution in [2.45, 2.75) is 56.8 Å². The second kappa shape index (κ2) is 8.21. The first-order valence-corrected chi connectivity index (χ1v) is 9.01. The van der Waals surface area contributed by atoms with Gasteiger partial charge in [0, 0.05) is 44.7 Å². The fourth-order valence-corrected chi connectivity index (χ4v) is 3.38. The van der Waals surface area contributed by atoms with E-state index >= 15 is 0 Å². The molecule has 1 saturated heterocycles. The van der Waals surface area contributed by atoms with E-state index in [1.54, 1.807) is 6.20 Å². The van der Waals surface area contributed by atoms with Crippen LogP contribution in [0.3, 0.4) is 0 Å². The highest BCUT2D eigenvalue weighted by molar-refractivity contribution is 5.81. The number of hydrogen-bond acceptors (Lipinski definition) is 5. The largest absolute Gasteiger partial charge is 0.355 e. The van der Waals surface area contributed by atoms with Gasteiger partial charge in [0.15, 0.2) is 5.66 Å². The van der Waals surface area contributed by atoms with Gasteiger partial charge in [-0.15, -0.1) is 12.3 Å². The Kier molecular flexibility index (Phi) is 5.77. The van der Waals surface area contributed by atoms with E-state index in [1.807, 2.05) is 12.3 Å². The summed E-state index contributed by atoms with van der Waals surface area (Å²) in [7, 11) is 0. The van der Waals surface area contributed by atoms with Crippen LogP contribution < -0.4 is 5.32 Å². The van der Waals surface area contributed by atoms with Crippen LogP contribution in [0.25, 0.3) is 0 Å². The Hall–Kier alpha value is -2.26. The molecule has 1 atom stereocenters. The monoisotopic (exact) mass is 339 g/mol. The van der Waals surface area contributed by atoms with E-state index < -0.39 is 0 Å². The van der Waals surface area contributed by atoms with Crippen LogP contribution in [-0.2, 0) is 11.3 Å². The predicted octanol–water partition coefficient (Wildman–Crippen LogP) is 2.52. The van der Waals surface area contributed by atoms with E-state index in [9.17, 15) is 4.79 Å². The normalized spacial score (nSPS) is 21.5. The van der Waals surface area contributed by atoms with Gasteiger partial charge >= 0.3 is 0 Å². The van der Waals surface area contributed by atoms with Crippen molar-refractivity contribution < 1.29 is 4.79 Å². The Labute approximate surface area is 149 Å². The van der Waals surface area contributed by atoms with Gasteiger partial charge in [0.05, 0.1) is 6.04 Å². The van der Waals surface area contributed by atoms with Crippen molar-refractivity contribution in [1.82, 2.24) is 15.2 Å². The first-order valence-electron chi connectivity index (χ1n) is 9.01. The topological polar surface area (TPSA) is 70.0 Å². The molecule has 6 heteroatoms. The molecule has 0 aliphatic carbocycles. The highest BCUT2D eigenvalue weighted by Gasteiger charge is 2.39. The molecule has 1 N–H and O–H groups in total. The maximum Gasteiger partial charge on any atom is 0.237 e. The number of amides is 1. The maximum absolute atomic E-state index is 12.7. The van der Waals surface area contributed by atoms with Gasteiger partial charge in [-0.25, -0.2) is 0 Å². The summed E-state index contributed by atoms with van der Waals surface area (Å²) in [6, 6.07) is 3.93. The quantitative estimate of drug-likeness (QED) is 0.740. The molecule has 2 aliphatic rings. The van der Waals surface area contributed by atoms with Crippen LogP contribution in [0.2, 0.25) is 0 Å². The van der Waals surface area contributed by atoms with Crippen LogP contribution in [0.1, 0.15) is 44.1 Å². The highest BCUT2D eigenvalue weighted by atomic mass is 16.2. The first-order chi connectivity index (χ1) is 12.2. The number of nitrogens with one attached hydrogen (secondary N) is 1. The summed E-state index contributed by atoms with van der Waals surface area (Å²) in [6.45, 7) is 2.31. The van der Waals surface area contributed by atoms with E-state index in [-0.39, 0.29) is 17.6 Å². The van der Waals surface area contributed by atoms with E-state index in [1.165, 1.54) is 0 Å². The summed E-state index contributed by atoms with van der Waals surface area (Å²) < 4.78 is 0. The van der Waals surface area contributed by atoms with Crippen molar-refractivity contribution in [1.29, 1.82) is 0 Å². The summed E-state index contributed by atoms with van der Waals surface area (Å²) in [4.78, 5) is 19.1. The third-order valence-electron chi connectivity index (χ3n) is 4.90. The second-order valence-corrected chi connectivity index (χ2v) is 6.77. The van der Waals surface area contributed by atoms with Crippen LogP contribution in [-0.4, -0.2) is 40.6 Å². The number of carbonyl (C=O) groups excluding carboxylic acids is 1. The molecule has 2 aliphatic heterocycles. The SMILES string of the molecule is C#CCCC1(CCNC(=O)C2CCCCN2Cc2cccnc2)N=N1. The van der Waals surface area contributed by atoms with E-state index in [2.05, 4.69) is 37.4 Å². The van der Waals surface area contributed by atoms with Gasteiger partial charge in [-0.2, -0.15) is 10.2 Å². The number of carbonyl (C=O) groups is 1. The minimum absolute atomic E-state index is 0.0660. The lowest BCUT2D eigenvalue weighted by atomic mass is 10.00. The zero-order valence-corrected chi connectivity index (χ0v) is 14.5. The van der Waals surface area contributed by atoms with Crippen LogP contribution in [0.4, 0.5) is 0 Å². The zero-order chi connectivity index (χ0) is 17.5. The molecular formula is C19H25N5O. The van der Waals surface area contributed by atoms with Gasteiger partial charge in [0.25, 0.3) is 0 Å². The van der Waals surface area contributed by atoms with Crippen molar-refractivity contribution >= 4 is 5.91 Å². The number of rotatable bonds is 8. The van der Waals surface area contributed by atoms with E-state index in [0.29, 0.717) is 13.0 Å². The smallest absolute Gasteiger partial charge is 0.237 e. The predicted molar refractivity (Wildman–Crippen MR) is 95.6 cm³/mol. The fourth-order valence-electron chi connectivity index (χ4n) is 3.38. The van der Waals surface area contributed by atoms with Crippen LogP contribution in [0.5, 0.6) is 0 Å². The van der Waals surface area contributed by atoms with Crippen molar-refractivity contribution in [2.75, 3.05) is 13.1 Å². The van der Waals surface area contributed by atoms with Crippen LogP contribution >= 0.6 is 0 Å². The second-order valence-electron chi connectivity index (χ2n) is 6.77. The minimum Gasteiger partial charge on any atom is -0.355 e. The Morgan fingerprint density at radius 1 is 1.40 bits per heavy atom. The molecule has 3 rings (SSSR count). The molecule has 0 saturated carbocycles. The van der Waals surface area contributed by atoms with Gasteiger partial charge < -0.3 is 5.32 Å². The number of aromatic nitrogens is 1. The zero-order valence-electron chi connectivity index (χ0n) is 14.5. The Morgan fingerprint density at radius 3 is 3.00 bits per heavy atom. The van der Waals surface area contributed by atoms with Gasteiger partial charge in [-0.05, 0) is 31.0 Å². The number of piperidine rings is 1. The molecule has 0 radical (unpaired) electrons. The number of terminal acetylenes is 1. The minimum atomic E-state index is -0.332. The van der Waals surface area contributed by atoms with E-state index in [4.69, 9.17) is 6.42 Å². The van der Waals surface area contributed by atoms with E-state index in [0.717, 1.165) is 50.8 Å². The Balaban J connectivity index is 1.48. The standard InChI is InChI=1S/C19H25N5O/c1-2-3-9-19(22-23-19)10-12-21-18(25)17-8-4-5-13-24(17)15-16-7-6-11-20-14-16/h1,6-7,11,14,17H,3-5,8-10,12-13,15H2,(H,21,25). The molecule has 1 amide bonds. The molecule has 0 spiro atoms. The summed E-state index contributed by atoms with van der Waals surface area (Å²) in [6.07, 6.45) is 14.3. The van der Waals surface area contributed by atoms with Crippen molar-refractivity contribution in [3.63, 3.8) is 0 Å². The molecule has 3 heterocycles. The molecule has 0 aromatic carbocycles. The van der Waals surface area contributed by atoms with Gasteiger partial charge in [0.1, 0.15) is 0 Å².